The van der Waals surface area contributed by atoms with Crippen LogP contribution in [0.15, 0.2) is 41.9 Å². The standard InChI is InChI=1S/C15H18N4OS/c1-11(14(20)18-12-5-6-12)21-15-17-8-9-19(15)10-13-4-2-3-7-16-13/h2-4,7-9,11-12H,5-6,10H2,1H3,(H,18,20)/t11-/m1/s1. The van der Waals surface area contributed by atoms with Crippen LogP contribution in [-0.4, -0.2) is 31.7 Å². The minimum absolute atomic E-state index is 0.0925. The summed E-state index contributed by atoms with van der Waals surface area (Å²) in [5, 5.41) is 3.73. The number of rotatable bonds is 6. The number of carbonyl (C=O) groups is 1. The van der Waals surface area contributed by atoms with Crippen molar-refractivity contribution in [2.45, 2.75) is 42.8 Å². The van der Waals surface area contributed by atoms with E-state index in [-0.39, 0.29) is 11.2 Å². The van der Waals surface area contributed by atoms with Crippen molar-refractivity contribution >= 4 is 17.7 Å². The smallest absolute Gasteiger partial charge is 0.233 e. The van der Waals surface area contributed by atoms with E-state index in [0.29, 0.717) is 12.6 Å². The molecule has 2 heterocycles. The molecule has 0 saturated heterocycles. The van der Waals surface area contributed by atoms with Crippen molar-refractivity contribution in [2.75, 3.05) is 0 Å². The normalized spacial score (nSPS) is 15.7. The van der Waals surface area contributed by atoms with E-state index in [9.17, 15) is 4.79 Å². The van der Waals surface area contributed by atoms with E-state index in [4.69, 9.17) is 0 Å². The van der Waals surface area contributed by atoms with Crippen molar-refractivity contribution in [2.24, 2.45) is 0 Å². The van der Waals surface area contributed by atoms with Gasteiger partial charge >= 0.3 is 0 Å². The van der Waals surface area contributed by atoms with Crippen molar-refractivity contribution in [3.05, 3.63) is 42.5 Å². The van der Waals surface area contributed by atoms with Gasteiger partial charge in [0.15, 0.2) is 5.16 Å². The Kier molecular flexibility index (Phi) is 4.24. The predicted molar refractivity (Wildman–Crippen MR) is 82.0 cm³/mol. The Bertz CT molecular complexity index is 609. The average molecular weight is 302 g/mol. The molecule has 1 atom stereocenters. The number of thioether (sulfide) groups is 1. The van der Waals surface area contributed by atoms with Crippen LogP contribution in [0, 0.1) is 0 Å². The maximum Gasteiger partial charge on any atom is 0.233 e. The molecule has 0 unspecified atom stereocenters. The quantitative estimate of drug-likeness (QED) is 0.830. The number of pyridine rings is 1. The van der Waals surface area contributed by atoms with Crippen LogP contribution < -0.4 is 5.32 Å². The molecule has 0 aliphatic heterocycles. The molecule has 2 aromatic rings. The van der Waals surface area contributed by atoms with Gasteiger partial charge in [0.1, 0.15) is 0 Å². The first kappa shape index (κ1) is 14.1. The molecule has 110 valence electrons. The summed E-state index contributed by atoms with van der Waals surface area (Å²) in [6.45, 7) is 2.59. The lowest BCUT2D eigenvalue weighted by atomic mass is 10.3. The molecule has 0 radical (unpaired) electrons. The van der Waals surface area contributed by atoms with Gasteiger partial charge in [-0.25, -0.2) is 4.98 Å². The maximum absolute atomic E-state index is 12.0. The molecule has 6 heteroatoms. The third kappa shape index (κ3) is 3.85. The first-order valence-electron chi connectivity index (χ1n) is 7.10. The molecule has 5 nitrogen and oxygen atoms in total. The van der Waals surface area contributed by atoms with Crippen LogP contribution in [-0.2, 0) is 11.3 Å². The van der Waals surface area contributed by atoms with Crippen LogP contribution in [0.2, 0.25) is 0 Å². The summed E-state index contributed by atoms with van der Waals surface area (Å²) >= 11 is 1.49. The number of hydrogen-bond donors (Lipinski definition) is 1. The Morgan fingerprint density at radius 1 is 1.43 bits per heavy atom. The molecule has 1 N–H and O–H groups in total. The summed E-state index contributed by atoms with van der Waals surface area (Å²) in [4.78, 5) is 20.7. The molecule has 21 heavy (non-hydrogen) atoms. The zero-order chi connectivity index (χ0) is 14.7. The second-order valence-electron chi connectivity index (χ2n) is 5.20. The molecule has 0 spiro atoms. The average Bonchev–Trinajstić information content (AvgIpc) is 3.20. The highest BCUT2D eigenvalue weighted by Crippen LogP contribution is 2.24. The molecular formula is C15H18N4OS. The van der Waals surface area contributed by atoms with Gasteiger partial charge in [0.25, 0.3) is 0 Å². The molecule has 1 amide bonds. The Labute approximate surface area is 128 Å². The fourth-order valence-corrected chi connectivity index (χ4v) is 2.83. The molecule has 1 fully saturated rings. The molecular weight excluding hydrogens is 284 g/mol. The highest BCUT2D eigenvalue weighted by atomic mass is 32.2. The summed E-state index contributed by atoms with van der Waals surface area (Å²) < 4.78 is 2.02. The van der Waals surface area contributed by atoms with Gasteiger partial charge in [0.2, 0.25) is 5.91 Å². The maximum atomic E-state index is 12.0. The van der Waals surface area contributed by atoms with Gasteiger partial charge in [-0.1, -0.05) is 17.8 Å². The minimum Gasteiger partial charge on any atom is -0.352 e. The van der Waals surface area contributed by atoms with Gasteiger partial charge < -0.3 is 9.88 Å². The van der Waals surface area contributed by atoms with Gasteiger partial charge in [-0.15, -0.1) is 0 Å². The summed E-state index contributed by atoms with van der Waals surface area (Å²) in [5.74, 6) is 0.0925. The molecule has 1 aliphatic rings. The fourth-order valence-electron chi connectivity index (χ4n) is 1.96. The van der Waals surface area contributed by atoms with Gasteiger partial charge in [-0.05, 0) is 31.9 Å². The van der Waals surface area contributed by atoms with Gasteiger partial charge in [0.05, 0.1) is 17.5 Å². The van der Waals surface area contributed by atoms with Crippen molar-refractivity contribution < 1.29 is 4.79 Å². The lowest BCUT2D eigenvalue weighted by Crippen LogP contribution is -2.32. The molecule has 0 bridgehead atoms. The van der Waals surface area contributed by atoms with Gasteiger partial charge in [-0.3, -0.25) is 9.78 Å². The number of carbonyl (C=O) groups excluding carboxylic acids is 1. The predicted octanol–water partition coefficient (Wildman–Crippen LogP) is 2.09. The van der Waals surface area contributed by atoms with Gasteiger partial charge in [0, 0.05) is 24.6 Å². The first-order chi connectivity index (χ1) is 10.2. The van der Waals surface area contributed by atoms with Crippen LogP contribution in [0.4, 0.5) is 0 Å². The number of aromatic nitrogens is 3. The van der Waals surface area contributed by atoms with E-state index in [1.54, 1.807) is 12.4 Å². The monoisotopic (exact) mass is 302 g/mol. The van der Waals surface area contributed by atoms with Crippen LogP contribution >= 0.6 is 11.8 Å². The number of nitrogens with zero attached hydrogens (tertiary/aromatic N) is 3. The van der Waals surface area contributed by atoms with Crippen molar-refractivity contribution in [1.29, 1.82) is 0 Å². The van der Waals surface area contributed by atoms with E-state index < -0.39 is 0 Å². The summed E-state index contributed by atoms with van der Waals surface area (Å²) in [6, 6.07) is 6.25. The van der Waals surface area contributed by atoms with Crippen LogP contribution in [0.3, 0.4) is 0 Å². The highest BCUT2D eigenvalue weighted by Gasteiger charge is 2.26. The second kappa shape index (κ2) is 6.30. The minimum atomic E-state index is -0.143. The largest absolute Gasteiger partial charge is 0.352 e. The second-order valence-corrected chi connectivity index (χ2v) is 6.51. The molecule has 0 aromatic carbocycles. The Balaban J connectivity index is 1.63. The van der Waals surface area contributed by atoms with Crippen molar-refractivity contribution in [3.63, 3.8) is 0 Å². The molecule has 1 saturated carbocycles. The lowest BCUT2D eigenvalue weighted by molar-refractivity contribution is -0.120. The highest BCUT2D eigenvalue weighted by molar-refractivity contribution is 8.00. The first-order valence-corrected chi connectivity index (χ1v) is 7.98. The zero-order valence-corrected chi connectivity index (χ0v) is 12.7. The Morgan fingerprint density at radius 3 is 3.00 bits per heavy atom. The fraction of sp³-hybridized carbons (Fsp3) is 0.400. The molecule has 2 aromatic heterocycles. The SMILES string of the molecule is C[C@@H](Sc1nccn1Cc1ccccn1)C(=O)NC1CC1. The topological polar surface area (TPSA) is 59.8 Å². The summed E-state index contributed by atoms with van der Waals surface area (Å²) in [6.07, 6.45) is 7.68. The number of hydrogen-bond acceptors (Lipinski definition) is 4. The molecule has 1 aliphatic carbocycles. The van der Waals surface area contributed by atoms with E-state index in [1.165, 1.54) is 11.8 Å². The number of amides is 1. The van der Waals surface area contributed by atoms with E-state index in [2.05, 4.69) is 15.3 Å². The van der Waals surface area contributed by atoms with Crippen LogP contribution in [0.5, 0.6) is 0 Å². The molecule has 3 rings (SSSR count). The Hall–Kier alpha value is -1.82. The van der Waals surface area contributed by atoms with Gasteiger partial charge in [-0.2, -0.15) is 0 Å². The van der Waals surface area contributed by atoms with E-state index in [1.807, 2.05) is 35.9 Å². The van der Waals surface area contributed by atoms with E-state index in [0.717, 1.165) is 23.7 Å². The third-order valence-corrected chi connectivity index (χ3v) is 4.43. The van der Waals surface area contributed by atoms with Crippen molar-refractivity contribution in [1.82, 2.24) is 19.9 Å². The summed E-state index contributed by atoms with van der Waals surface area (Å²) in [7, 11) is 0. The number of imidazole rings is 1. The zero-order valence-electron chi connectivity index (χ0n) is 11.9. The third-order valence-electron chi connectivity index (χ3n) is 3.31. The number of nitrogens with one attached hydrogen (secondary N) is 1. The van der Waals surface area contributed by atoms with Crippen molar-refractivity contribution in [3.8, 4) is 0 Å². The van der Waals surface area contributed by atoms with E-state index >= 15 is 0 Å². The summed E-state index contributed by atoms with van der Waals surface area (Å²) in [5.41, 5.74) is 0.979. The lowest BCUT2D eigenvalue weighted by Gasteiger charge is -2.12. The van der Waals surface area contributed by atoms with Crippen LogP contribution in [0.25, 0.3) is 0 Å². The van der Waals surface area contributed by atoms with Crippen LogP contribution in [0.1, 0.15) is 25.5 Å². The Morgan fingerprint density at radius 2 is 2.29 bits per heavy atom.